The number of anilines is 1. The number of pyridine rings is 1. The van der Waals surface area contributed by atoms with Gasteiger partial charge in [0.2, 0.25) is 5.88 Å². The maximum Gasteiger partial charge on any atom is 0.422 e. The molecule has 10 nitrogen and oxygen atoms in total. The summed E-state index contributed by atoms with van der Waals surface area (Å²) in [5.41, 5.74) is -0.559. The minimum Gasteiger partial charge on any atom is -0.467 e. The lowest BCUT2D eigenvalue weighted by atomic mass is 10.1. The summed E-state index contributed by atoms with van der Waals surface area (Å²) in [6.07, 6.45) is -1.99. The molecule has 1 aromatic carbocycles. The maximum absolute atomic E-state index is 13.3. The highest BCUT2D eigenvalue weighted by Gasteiger charge is 2.30. The Labute approximate surface area is 228 Å². The van der Waals surface area contributed by atoms with Crippen LogP contribution in [0.25, 0.3) is 5.82 Å². The molecule has 0 fully saturated rings. The van der Waals surface area contributed by atoms with Gasteiger partial charge >= 0.3 is 6.18 Å². The summed E-state index contributed by atoms with van der Waals surface area (Å²) < 4.78 is 43.7. The Bertz CT molecular complexity index is 1370. The highest BCUT2D eigenvalue weighted by atomic mass is 35.5. The second kappa shape index (κ2) is 12.3. The van der Waals surface area contributed by atoms with Crippen molar-refractivity contribution in [3.63, 3.8) is 0 Å². The minimum atomic E-state index is -4.65. The number of carbonyl (C=O) groups is 2. The number of alkyl halides is 3. The van der Waals surface area contributed by atoms with Crippen LogP contribution in [0.4, 0.5) is 18.9 Å². The molecule has 2 aromatic heterocycles. The lowest BCUT2D eigenvalue weighted by molar-refractivity contribution is -0.154. The van der Waals surface area contributed by atoms with Crippen LogP contribution in [0.3, 0.4) is 0 Å². The molecule has 0 aliphatic rings. The summed E-state index contributed by atoms with van der Waals surface area (Å²) in [6, 6.07) is 5.88. The van der Waals surface area contributed by atoms with Gasteiger partial charge in [-0.1, -0.05) is 40.0 Å². The van der Waals surface area contributed by atoms with Crippen molar-refractivity contribution in [2.45, 2.75) is 19.1 Å². The van der Waals surface area contributed by atoms with E-state index in [9.17, 15) is 22.8 Å². The van der Waals surface area contributed by atoms with E-state index in [1.165, 1.54) is 43.8 Å². The van der Waals surface area contributed by atoms with Crippen LogP contribution in [0.1, 0.15) is 27.8 Å². The van der Waals surface area contributed by atoms with Gasteiger partial charge in [0, 0.05) is 17.3 Å². The zero-order valence-electron chi connectivity index (χ0n) is 19.5. The predicted molar refractivity (Wildman–Crippen MR) is 135 cm³/mol. The van der Waals surface area contributed by atoms with Gasteiger partial charge in [0.15, 0.2) is 12.4 Å². The van der Waals surface area contributed by atoms with Gasteiger partial charge in [0.25, 0.3) is 11.8 Å². The molecule has 3 rings (SSSR count). The smallest absolute Gasteiger partial charge is 0.422 e. The van der Waals surface area contributed by atoms with E-state index in [1.807, 2.05) is 0 Å². The van der Waals surface area contributed by atoms with Gasteiger partial charge in [-0.2, -0.15) is 13.2 Å². The number of carbonyl (C=O) groups excluding carboxylic acids is 2. The van der Waals surface area contributed by atoms with Crippen molar-refractivity contribution in [2.24, 2.45) is 5.16 Å². The highest BCUT2D eigenvalue weighted by molar-refractivity contribution is 6.38. The summed E-state index contributed by atoms with van der Waals surface area (Å²) in [7, 11) is 1.33. The lowest BCUT2D eigenvalue weighted by Crippen LogP contribution is -2.34. The SMILES string of the molecule is CO/N=C/C(C)NC(=O)c1cc(Cl)cc(Cl)c1NC(=O)c1cc(OCC(F)(F)F)nn1-c1ncccc1Cl. The number of ether oxygens (including phenoxy) is 1. The van der Waals surface area contributed by atoms with Crippen LogP contribution in [-0.2, 0) is 4.84 Å². The molecule has 3 aromatic rings. The average Bonchev–Trinajstić information content (AvgIpc) is 3.27. The molecule has 0 aliphatic heterocycles. The van der Waals surface area contributed by atoms with Gasteiger partial charge in [0.05, 0.1) is 33.6 Å². The van der Waals surface area contributed by atoms with E-state index in [-0.39, 0.29) is 37.8 Å². The molecule has 1 unspecified atom stereocenters. The number of oxime groups is 1. The molecule has 0 aliphatic carbocycles. The van der Waals surface area contributed by atoms with E-state index >= 15 is 0 Å². The molecule has 2 N–H and O–H groups in total. The zero-order valence-corrected chi connectivity index (χ0v) is 21.8. The Morgan fingerprint density at radius 2 is 1.92 bits per heavy atom. The quantitative estimate of drug-likeness (QED) is 0.261. The fourth-order valence-corrected chi connectivity index (χ4v) is 3.72. The minimum absolute atomic E-state index is 0.0447. The zero-order chi connectivity index (χ0) is 28.0. The number of rotatable bonds is 9. The Kier molecular flexibility index (Phi) is 9.41. The first kappa shape index (κ1) is 29.0. The molecule has 16 heteroatoms. The number of hydrogen-bond donors (Lipinski definition) is 2. The Balaban J connectivity index is 2.00. The van der Waals surface area contributed by atoms with E-state index in [4.69, 9.17) is 39.5 Å². The summed E-state index contributed by atoms with van der Waals surface area (Å²) >= 11 is 18.5. The Morgan fingerprint density at radius 3 is 2.58 bits per heavy atom. The van der Waals surface area contributed by atoms with Crippen molar-refractivity contribution in [1.82, 2.24) is 20.1 Å². The second-order valence-corrected chi connectivity index (χ2v) is 8.71. The molecular weight excluding hydrogens is 576 g/mol. The van der Waals surface area contributed by atoms with Crippen LogP contribution in [-0.4, -0.2) is 58.7 Å². The van der Waals surface area contributed by atoms with Crippen LogP contribution in [0.2, 0.25) is 15.1 Å². The topological polar surface area (TPSA) is 120 Å². The number of nitrogens with zero attached hydrogens (tertiary/aromatic N) is 4. The standard InChI is InChI=1S/C22H18Cl3F3N6O4/c1-11(9-30-37-2)31-20(35)13-6-12(23)7-15(25)18(13)32-21(36)16-8-17(38-10-22(26,27)28)33-34(16)19-14(24)4-3-5-29-19/h3-9,11H,10H2,1-2H3,(H,31,35)(H,32,36)/b30-9+. The average molecular weight is 594 g/mol. The molecule has 2 heterocycles. The normalized spacial score (nSPS) is 12.3. The summed E-state index contributed by atoms with van der Waals surface area (Å²) in [4.78, 5) is 34.9. The number of benzene rings is 1. The first-order valence-corrected chi connectivity index (χ1v) is 11.6. The molecular formula is C22H18Cl3F3N6O4. The molecule has 38 heavy (non-hydrogen) atoms. The number of nitrogens with one attached hydrogen (secondary N) is 2. The number of halogens is 6. The van der Waals surface area contributed by atoms with Gasteiger partial charge < -0.3 is 20.2 Å². The molecule has 202 valence electrons. The van der Waals surface area contributed by atoms with Crippen molar-refractivity contribution in [3.05, 3.63) is 62.9 Å². The van der Waals surface area contributed by atoms with Crippen LogP contribution in [0.15, 0.2) is 41.7 Å². The monoisotopic (exact) mass is 592 g/mol. The molecule has 2 amide bonds. The van der Waals surface area contributed by atoms with Gasteiger partial charge in [0.1, 0.15) is 12.8 Å². The van der Waals surface area contributed by atoms with Crippen LogP contribution in [0, 0.1) is 0 Å². The predicted octanol–water partition coefficient (Wildman–Crippen LogP) is 5.17. The summed E-state index contributed by atoms with van der Waals surface area (Å²) in [5.74, 6) is -2.18. The van der Waals surface area contributed by atoms with Gasteiger partial charge in [-0.15, -0.1) is 5.10 Å². The first-order valence-electron chi connectivity index (χ1n) is 10.5. The molecule has 0 saturated carbocycles. The number of amides is 2. The first-order chi connectivity index (χ1) is 17.9. The van der Waals surface area contributed by atoms with Gasteiger partial charge in [-0.05, 0) is 31.2 Å². The number of hydrogen-bond acceptors (Lipinski definition) is 7. The van der Waals surface area contributed by atoms with Crippen molar-refractivity contribution >= 4 is 58.5 Å². The van der Waals surface area contributed by atoms with E-state index in [2.05, 4.69) is 30.7 Å². The van der Waals surface area contributed by atoms with Crippen LogP contribution >= 0.6 is 34.8 Å². The van der Waals surface area contributed by atoms with E-state index in [1.54, 1.807) is 6.92 Å². The fourth-order valence-electron chi connectivity index (χ4n) is 2.97. The third-order valence-corrected chi connectivity index (χ3v) is 5.34. The molecule has 0 bridgehead atoms. The number of aromatic nitrogens is 3. The van der Waals surface area contributed by atoms with Crippen molar-refractivity contribution in [2.75, 3.05) is 19.0 Å². The molecule has 0 saturated heterocycles. The fraction of sp³-hybridized carbons (Fsp3) is 0.227. The van der Waals surface area contributed by atoms with Gasteiger partial charge in [-0.3, -0.25) is 9.59 Å². The molecule has 1 atom stereocenters. The Morgan fingerprint density at radius 1 is 1.18 bits per heavy atom. The summed E-state index contributed by atoms with van der Waals surface area (Å²) in [5, 5.41) is 12.6. The van der Waals surface area contributed by atoms with Crippen molar-refractivity contribution in [1.29, 1.82) is 0 Å². The van der Waals surface area contributed by atoms with Crippen molar-refractivity contribution < 1.29 is 32.3 Å². The summed E-state index contributed by atoms with van der Waals surface area (Å²) in [6.45, 7) is -0.0403. The third-order valence-electron chi connectivity index (χ3n) is 4.53. The lowest BCUT2D eigenvalue weighted by Gasteiger charge is -2.15. The molecule has 0 spiro atoms. The third kappa shape index (κ3) is 7.49. The van der Waals surface area contributed by atoms with Gasteiger partial charge in [-0.25, -0.2) is 9.67 Å². The van der Waals surface area contributed by atoms with E-state index < -0.39 is 36.5 Å². The second-order valence-electron chi connectivity index (χ2n) is 7.46. The maximum atomic E-state index is 13.3. The van der Waals surface area contributed by atoms with E-state index in [0.29, 0.717) is 0 Å². The highest BCUT2D eigenvalue weighted by Crippen LogP contribution is 2.32. The molecule has 0 radical (unpaired) electrons. The largest absolute Gasteiger partial charge is 0.467 e. The van der Waals surface area contributed by atoms with Crippen LogP contribution < -0.4 is 15.4 Å². The van der Waals surface area contributed by atoms with Crippen molar-refractivity contribution in [3.8, 4) is 11.7 Å². The van der Waals surface area contributed by atoms with E-state index in [0.717, 1.165) is 10.7 Å². The van der Waals surface area contributed by atoms with Crippen LogP contribution in [0.5, 0.6) is 5.88 Å². The Hall–Kier alpha value is -3.55.